The van der Waals surface area contributed by atoms with Crippen LogP contribution in [0.4, 0.5) is 0 Å². The molecule has 1 fully saturated rings. The van der Waals surface area contributed by atoms with Crippen molar-refractivity contribution < 1.29 is 13.2 Å². The normalized spacial score (nSPS) is 17.8. The monoisotopic (exact) mass is 327 g/mol. The highest BCUT2D eigenvalue weighted by Crippen LogP contribution is 2.18. The number of benzene rings is 1. The minimum atomic E-state index is -3.28. The van der Waals surface area contributed by atoms with E-state index in [-0.39, 0.29) is 0 Å². The maximum absolute atomic E-state index is 12.1. The summed E-state index contributed by atoms with van der Waals surface area (Å²) in [6.07, 6.45) is 0.907. The molecule has 1 aromatic carbocycles. The first-order chi connectivity index (χ1) is 10.4. The number of nitrogens with zero attached hydrogens (tertiary/aromatic N) is 3. The van der Waals surface area contributed by atoms with Crippen LogP contribution in [-0.4, -0.2) is 75.9 Å². The van der Waals surface area contributed by atoms with Crippen LogP contribution in [0.15, 0.2) is 24.3 Å². The number of hydrogen-bond acceptors (Lipinski definition) is 4. The van der Waals surface area contributed by atoms with Crippen LogP contribution in [0.1, 0.15) is 5.56 Å². The van der Waals surface area contributed by atoms with E-state index in [0.717, 1.165) is 31.8 Å². The Labute approximate surface area is 133 Å². The van der Waals surface area contributed by atoms with Crippen LogP contribution >= 0.6 is 0 Å². The molecule has 0 bridgehead atoms. The van der Waals surface area contributed by atoms with E-state index in [1.54, 1.807) is 25.5 Å². The van der Waals surface area contributed by atoms with Gasteiger partial charge in [-0.3, -0.25) is 0 Å². The van der Waals surface area contributed by atoms with Crippen molar-refractivity contribution in [3.8, 4) is 5.75 Å². The van der Waals surface area contributed by atoms with Crippen LogP contribution < -0.4 is 4.74 Å². The molecule has 0 amide bonds. The fourth-order valence-corrected chi connectivity index (χ4v) is 3.69. The molecule has 0 unspecified atom stereocenters. The molecule has 1 saturated heterocycles. The molecule has 2 rings (SSSR count). The molecule has 0 radical (unpaired) electrons. The number of para-hydroxylation sites is 1. The fourth-order valence-electron chi connectivity index (χ4n) is 2.60. The maximum Gasteiger partial charge on any atom is 0.281 e. The molecule has 0 aliphatic carbocycles. The van der Waals surface area contributed by atoms with Gasteiger partial charge in [-0.2, -0.15) is 17.0 Å². The first kappa shape index (κ1) is 17.2. The lowest BCUT2D eigenvalue weighted by Gasteiger charge is -2.35. The van der Waals surface area contributed by atoms with Crippen LogP contribution in [-0.2, 0) is 16.6 Å². The molecule has 6 nitrogen and oxygen atoms in total. The SMILES string of the molecule is COc1ccccc1CCN1CCN(S(=O)(=O)N(C)C)CC1. The molecule has 0 spiro atoms. The van der Waals surface area contributed by atoms with Crippen LogP contribution in [0.3, 0.4) is 0 Å². The van der Waals surface area contributed by atoms with E-state index in [0.29, 0.717) is 13.1 Å². The zero-order chi connectivity index (χ0) is 16.2. The molecule has 0 saturated carbocycles. The average Bonchev–Trinajstić information content (AvgIpc) is 2.53. The highest BCUT2D eigenvalue weighted by Gasteiger charge is 2.28. The first-order valence-electron chi connectivity index (χ1n) is 7.47. The smallest absolute Gasteiger partial charge is 0.281 e. The van der Waals surface area contributed by atoms with Crippen molar-refractivity contribution in [1.82, 2.24) is 13.5 Å². The molecular formula is C15H25N3O3S. The largest absolute Gasteiger partial charge is 0.496 e. The van der Waals surface area contributed by atoms with Gasteiger partial charge in [0.15, 0.2) is 0 Å². The van der Waals surface area contributed by atoms with Crippen LogP contribution in [0, 0.1) is 0 Å². The second-order valence-electron chi connectivity index (χ2n) is 5.59. The Morgan fingerprint density at radius 1 is 1.14 bits per heavy atom. The predicted molar refractivity (Wildman–Crippen MR) is 87.3 cm³/mol. The fraction of sp³-hybridized carbons (Fsp3) is 0.600. The minimum absolute atomic E-state index is 0.548. The zero-order valence-corrected chi connectivity index (χ0v) is 14.3. The highest BCUT2D eigenvalue weighted by molar-refractivity contribution is 7.86. The molecule has 0 atom stereocenters. The van der Waals surface area contributed by atoms with Crippen molar-refractivity contribution in [3.05, 3.63) is 29.8 Å². The second kappa shape index (κ2) is 7.41. The van der Waals surface area contributed by atoms with Gasteiger partial charge in [0.25, 0.3) is 10.2 Å². The van der Waals surface area contributed by atoms with Crippen LogP contribution in [0.2, 0.25) is 0 Å². The van der Waals surface area contributed by atoms with Gasteiger partial charge < -0.3 is 9.64 Å². The van der Waals surface area contributed by atoms with Gasteiger partial charge in [-0.1, -0.05) is 18.2 Å². The molecule has 22 heavy (non-hydrogen) atoms. The quantitative estimate of drug-likeness (QED) is 0.770. The van der Waals surface area contributed by atoms with Gasteiger partial charge in [-0.15, -0.1) is 0 Å². The summed E-state index contributed by atoms with van der Waals surface area (Å²) < 4.78 is 32.3. The highest BCUT2D eigenvalue weighted by atomic mass is 32.2. The van der Waals surface area contributed by atoms with E-state index in [4.69, 9.17) is 4.74 Å². The molecular weight excluding hydrogens is 302 g/mol. The molecule has 1 aliphatic rings. The second-order valence-corrected chi connectivity index (χ2v) is 7.74. The molecule has 0 N–H and O–H groups in total. The molecule has 1 aliphatic heterocycles. The zero-order valence-electron chi connectivity index (χ0n) is 13.5. The van der Waals surface area contributed by atoms with E-state index in [1.165, 1.54) is 9.87 Å². The number of piperazine rings is 1. The summed E-state index contributed by atoms with van der Waals surface area (Å²) in [7, 11) is 1.55. The lowest BCUT2D eigenvalue weighted by atomic mass is 10.1. The summed E-state index contributed by atoms with van der Waals surface area (Å²) >= 11 is 0. The van der Waals surface area contributed by atoms with E-state index in [9.17, 15) is 8.42 Å². The Balaban J connectivity index is 1.86. The minimum Gasteiger partial charge on any atom is -0.496 e. The van der Waals surface area contributed by atoms with E-state index in [2.05, 4.69) is 11.0 Å². The van der Waals surface area contributed by atoms with Gasteiger partial charge in [0.1, 0.15) is 5.75 Å². The van der Waals surface area contributed by atoms with E-state index >= 15 is 0 Å². The summed E-state index contributed by atoms with van der Waals surface area (Å²) in [5, 5.41) is 0. The van der Waals surface area contributed by atoms with Crippen molar-refractivity contribution in [1.29, 1.82) is 0 Å². The van der Waals surface area contributed by atoms with Crippen LogP contribution in [0.5, 0.6) is 5.75 Å². The van der Waals surface area contributed by atoms with Crippen molar-refractivity contribution in [2.75, 3.05) is 53.9 Å². The van der Waals surface area contributed by atoms with Crippen molar-refractivity contribution in [2.45, 2.75) is 6.42 Å². The van der Waals surface area contributed by atoms with Gasteiger partial charge in [-0.25, -0.2) is 0 Å². The van der Waals surface area contributed by atoms with Gasteiger partial charge in [0.05, 0.1) is 7.11 Å². The Morgan fingerprint density at radius 3 is 2.36 bits per heavy atom. The Kier molecular flexibility index (Phi) is 5.80. The first-order valence-corrected chi connectivity index (χ1v) is 8.86. The lowest BCUT2D eigenvalue weighted by Crippen LogP contribution is -2.51. The maximum atomic E-state index is 12.1. The molecule has 124 valence electrons. The van der Waals surface area contributed by atoms with Gasteiger partial charge >= 0.3 is 0 Å². The van der Waals surface area contributed by atoms with Crippen molar-refractivity contribution in [2.24, 2.45) is 0 Å². The predicted octanol–water partition coefficient (Wildman–Crippen LogP) is 0.662. The third-order valence-electron chi connectivity index (χ3n) is 4.01. The van der Waals surface area contributed by atoms with Crippen molar-refractivity contribution in [3.63, 3.8) is 0 Å². The Bertz CT molecular complexity index is 581. The molecule has 0 aromatic heterocycles. The van der Waals surface area contributed by atoms with Gasteiger partial charge in [-0.05, 0) is 18.1 Å². The molecule has 7 heteroatoms. The third-order valence-corrected chi connectivity index (χ3v) is 5.95. The average molecular weight is 327 g/mol. The molecule has 1 aromatic rings. The lowest BCUT2D eigenvalue weighted by molar-refractivity contribution is 0.185. The van der Waals surface area contributed by atoms with E-state index < -0.39 is 10.2 Å². The number of hydrogen-bond donors (Lipinski definition) is 0. The Hall–Kier alpha value is -1.15. The van der Waals surface area contributed by atoms with Gasteiger partial charge in [0, 0.05) is 46.8 Å². The number of methoxy groups -OCH3 is 1. The summed E-state index contributed by atoms with van der Waals surface area (Å²) in [4.78, 5) is 2.30. The standard InChI is InChI=1S/C15H25N3O3S/c1-16(2)22(19,20)18-12-10-17(11-13-18)9-8-14-6-4-5-7-15(14)21-3/h4-7H,8-13H2,1-3H3. The summed E-state index contributed by atoms with van der Waals surface area (Å²) in [5.74, 6) is 0.913. The van der Waals surface area contributed by atoms with Crippen molar-refractivity contribution >= 4 is 10.2 Å². The molecule has 1 heterocycles. The Morgan fingerprint density at radius 2 is 1.77 bits per heavy atom. The summed E-state index contributed by atoms with van der Waals surface area (Å²) in [6, 6.07) is 8.02. The summed E-state index contributed by atoms with van der Waals surface area (Å²) in [5.41, 5.74) is 1.19. The third kappa shape index (κ3) is 3.98. The summed E-state index contributed by atoms with van der Waals surface area (Å²) in [6.45, 7) is 3.54. The van der Waals surface area contributed by atoms with Crippen LogP contribution in [0.25, 0.3) is 0 Å². The topological polar surface area (TPSA) is 53.1 Å². The van der Waals surface area contributed by atoms with E-state index in [1.807, 2.05) is 18.2 Å². The van der Waals surface area contributed by atoms with Gasteiger partial charge in [0.2, 0.25) is 0 Å². The number of rotatable bonds is 6. The number of ether oxygens (including phenoxy) is 1.